The summed E-state index contributed by atoms with van der Waals surface area (Å²) in [5.41, 5.74) is 0.712. The SMILES string of the molecule is N#Cc1ccc(Br)c(CC(=O)O)c1Cl. The first-order chi connectivity index (χ1) is 6.56. The molecule has 0 aliphatic heterocycles. The van der Waals surface area contributed by atoms with E-state index in [9.17, 15) is 4.79 Å². The number of hydrogen-bond acceptors (Lipinski definition) is 2. The molecule has 1 aromatic rings. The molecule has 0 aromatic heterocycles. The van der Waals surface area contributed by atoms with Crippen molar-refractivity contribution in [2.24, 2.45) is 0 Å². The molecule has 72 valence electrons. The highest BCUT2D eigenvalue weighted by atomic mass is 79.9. The van der Waals surface area contributed by atoms with Gasteiger partial charge in [0.2, 0.25) is 0 Å². The van der Waals surface area contributed by atoms with E-state index in [4.69, 9.17) is 22.0 Å². The number of benzene rings is 1. The van der Waals surface area contributed by atoms with Crippen LogP contribution in [0.25, 0.3) is 0 Å². The Bertz CT molecular complexity index is 426. The highest BCUT2D eigenvalue weighted by Crippen LogP contribution is 2.28. The Morgan fingerprint density at radius 2 is 2.29 bits per heavy atom. The largest absolute Gasteiger partial charge is 0.481 e. The molecule has 1 aromatic carbocycles. The fourth-order valence-corrected chi connectivity index (χ4v) is 1.86. The lowest BCUT2D eigenvalue weighted by atomic mass is 10.1. The fourth-order valence-electron chi connectivity index (χ4n) is 0.997. The number of aliphatic carboxylic acids is 1. The second kappa shape index (κ2) is 4.45. The minimum atomic E-state index is -0.984. The van der Waals surface area contributed by atoms with Crippen LogP contribution in [0, 0.1) is 11.3 Å². The Balaban J connectivity index is 3.27. The van der Waals surface area contributed by atoms with E-state index in [-0.39, 0.29) is 17.0 Å². The summed E-state index contributed by atoms with van der Waals surface area (Å²) in [7, 11) is 0. The van der Waals surface area contributed by atoms with Crippen molar-refractivity contribution in [2.75, 3.05) is 0 Å². The zero-order chi connectivity index (χ0) is 10.7. The Kier molecular flexibility index (Phi) is 3.50. The summed E-state index contributed by atoms with van der Waals surface area (Å²) < 4.78 is 0.601. The third-order valence-corrected chi connectivity index (χ3v) is 2.81. The van der Waals surface area contributed by atoms with Crippen molar-refractivity contribution in [3.63, 3.8) is 0 Å². The van der Waals surface area contributed by atoms with Gasteiger partial charge in [-0.15, -0.1) is 0 Å². The first kappa shape index (κ1) is 11.0. The maximum absolute atomic E-state index is 10.5. The van der Waals surface area contributed by atoms with Gasteiger partial charge in [-0.1, -0.05) is 27.5 Å². The van der Waals surface area contributed by atoms with Gasteiger partial charge in [0.25, 0.3) is 0 Å². The van der Waals surface area contributed by atoms with Gasteiger partial charge in [-0.25, -0.2) is 0 Å². The predicted octanol–water partition coefficient (Wildman–Crippen LogP) is 2.60. The summed E-state index contributed by atoms with van der Waals surface area (Å²) in [4.78, 5) is 10.5. The molecular weight excluding hydrogens is 269 g/mol. The van der Waals surface area contributed by atoms with Gasteiger partial charge < -0.3 is 5.11 Å². The van der Waals surface area contributed by atoms with Crippen LogP contribution in [0.15, 0.2) is 16.6 Å². The van der Waals surface area contributed by atoms with Crippen molar-refractivity contribution < 1.29 is 9.90 Å². The van der Waals surface area contributed by atoms with Crippen molar-refractivity contribution in [2.45, 2.75) is 6.42 Å². The van der Waals surface area contributed by atoms with Gasteiger partial charge in [-0.05, 0) is 17.7 Å². The summed E-state index contributed by atoms with van der Waals surface area (Å²) in [6.07, 6.45) is -0.199. The normalized spacial score (nSPS) is 9.50. The van der Waals surface area contributed by atoms with Gasteiger partial charge in [0.05, 0.1) is 17.0 Å². The van der Waals surface area contributed by atoms with Crippen molar-refractivity contribution >= 4 is 33.5 Å². The first-order valence-electron chi connectivity index (χ1n) is 3.65. The van der Waals surface area contributed by atoms with Crippen LogP contribution < -0.4 is 0 Å². The van der Waals surface area contributed by atoms with E-state index >= 15 is 0 Å². The molecule has 1 N–H and O–H groups in total. The molecule has 0 heterocycles. The predicted molar refractivity (Wildman–Crippen MR) is 55.2 cm³/mol. The third kappa shape index (κ3) is 2.25. The lowest BCUT2D eigenvalue weighted by molar-refractivity contribution is -0.136. The van der Waals surface area contributed by atoms with Crippen LogP contribution in [0.5, 0.6) is 0 Å². The number of rotatable bonds is 2. The standard InChI is InChI=1S/C9H5BrClNO2/c10-7-2-1-5(4-12)9(11)6(7)3-8(13)14/h1-2H,3H2,(H,13,14). The summed E-state index contributed by atoms with van der Waals surface area (Å²) >= 11 is 9.02. The number of carboxylic acids is 1. The summed E-state index contributed by atoms with van der Waals surface area (Å²) in [6, 6.07) is 5.04. The molecule has 3 nitrogen and oxygen atoms in total. The number of halogens is 2. The number of nitriles is 1. The molecular formula is C9H5BrClNO2. The average Bonchev–Trinajstić information content (AvgIpc) is 2.12. The van der Waals surface area contributed by atoms with E-state index in [0.29, 0.717) is 10.0 Å². The van der Waals surface area contributed by atoms with E-state index in [2.05, 4.69) is 15.9 Å². The molecule has 0 unspecified atom stereocenters. The fraction of sp³-hybridized carbons (Fsp3) is 0.111. The lowest BCUT2D eigenvalue weighted by Gasteiger charge is -2.05. The molecule has 0 bridgehead atoms. The molecule has 0 saturated carbocycles. The van der Waals surface area contributed by atoms with Gasteiger partial charge in [-0.3, -0.25) is 4.79 Å². The van der Waals surface area contributed by atoms with Crippen LogP contribution in [0.1, 0.15) is 11.1 Å². The number of carboxylic acid groups (broad SMARTS) is 1. The maximum atomic E-state index is 10.5. The summed E-state index contributed by atoms with van der Waals surface area (Å²) in [6.45, 7) is 0. The highest BCUT2D eigenvalue weighted by Gasteiger charge is 2.12. The summed E-state index contributed by atoms with van der Waals surface area (Å²) in [5.74, 6) is -0.984. The van der Waals surface area contributed by atoms with Crippen LogP contribution in [0.3, 0.4) is 0 Å². The van der Waals surface area contributed by atoms with E-state index < -0.39 is 5.97 Å². The van der Waals surface area contributed by atoms with Gasteiger partial charge in [-0.2, -0.15) is 5.26 Å². The number of carbonyl (C=O) groups is 1. The van der Waals surface area contributed by atoms with E-state index in [1.54, 1.807) is 6.07 Å². The average molecular weight is 275 g/mol. The van der Waals surface area contributed by atoms with E-state index in [0.717, 1.165) is 0 Å². The Hall–Kier alpha value is -1.05. The molecule has 0 aliphatic carbocycles. The molecule has 0 amide bonds. The van der Waals surface area contributed by atoms with Crippen LogP contribution in [0.2, 0.25) is 5.02 Å². The Morgan fingerprint density at radius 3 is 2.79 bits per heavy atom. The van der Waals surface area contributed by atoms with Crippen molar-refractivity contribution in [3.05, 3.63) is 32.8 Å². The van der Waals surface area contributed by atoms with Crippen LogP contribution >= 0.6 is 27.5 Å². The molecule has 0 atom stereocenters. The Labute approximate surface area is 94.0 Å². The molecule has 0 fully saturated rings. The van der Waals surface area contributed by atoms with E-state index in [1.165, 1.54) is 6.07 Å². The van der Waals surface area contributed by atoms with Gasteiger partial charge in [0, 0.05) is 4.47 Å². The van der Waals surface area contributed by atoms with Crippen molar-refractivity contribution in [1.29, 1.82) is 5.26 Å². The van der Waals surface area contributed by atoms with Gasteiger partial charge in [0.1, 0.15) is 6.07 Å². The highest BCUT2D eigenvalue weighted by molar-refractivity contribution is 9.10. The molecule has 1 rings (SSSR count). The molecule has 14 heavy (non-hydrogen) atoms. The zero-order valence-electron chi connectivity index (χ0n) is 6.92. The number of nitrogens with zero attached hydrogens (tertiary/aromatic N) is 1. The second-order valence-electron chi connectivity index (χ2n) is 2.57. The van der Waals surface area contributed by atoms with Crippen LogP contribution in [-0.2, 0) is 11.2 Å². The monoisotopic (exact) mass is 273 g/mol. The smallest absolute Gasteiger partial charge is 0.307 e. The second-order valence-corrected chi connectivity index (χ2v) is 3.80. The van der Waals surface area contributed by atoms with Crippen LogP contribution in [-0.4, -0.2) is 11.1 Å². The first-order valence-corrected chi connectivity index (χ1v) is 4.82. The molecule has 0 saturated heterocycles. The Morgan fingerprint density at radius 1 is 1.64 bits per heavy atom. The third-order valence-electron chi connectivity index (χ3n) is 1.63. The number of hydrogen-bond donors (Lipinski definition) is 1. The van der Waals surface area contributed by atoms with Crippen LogP contribution in [0.4, 0.5) is 0 Å². The molecule has 0 spiro atoms. The lowest BCUT2D eigenvalue weighted by Crippen LogP contribution is -2.02. The minimum Gasteiger partial charge on any atom is -0.481 e. The molecule has 5 heteroatoms. The maximum Gasteiger partial charge on any atom is 0.307 e. The van der Waals surface area contributed by atoms with Crippen molar-refractivity contribution in [3.8, 4) is 6.07 Å². The minimum absolute atomic E-state index is 0.198. The zero-order valence-corrected chi connectivity index (χ0v) is 9.26. The quantitative estimate of drug-likeness (QED) is 0.901. The topological polar surface area (TPSA) is 61.1 Å². The van der Waals surface area contributed by atoms with E-state index in [1.807, 2.05) is 6.07 Å². The summed E-state index contributed by atoms with van der Waals surface area (Å²) in [5, 5.41) is 17.5. The van der Waals surface area contributed by atoms with Crippen molar-refractivity contribution in [1.82, 2.24) is 0 Å². The van der Waals surface area contributed by atoms with Gasteiger partial charge >= 0.3 is 5.97 Å². The molecule has 0 aliphatic rings. The molecule has 0 radical (unpaired) electrons. The van der Waals surface area contributed by atoms with Gasteiger partial charge in [0.15, 0.2) is 0 Å².